The quantitative estimate of drug-likeness (QED) is 0.607. The number of nitrogens with zero attached hydrogens (tertiary/aromatic N) is 4. The van der Waals surface area contributed by atoms with Crippen LogP contribution in [0, 0.1) is 0 Å². The average molecular weight is 462 g/mol. The number of fused-ring (bicyclic) bond motifs is 1. The second-order valence-electron chi connectivity index (χ2n) is 7.03. The predicted octanol–water partition coefficient (Wildman–Crippen LogP) is -0.00120. The molecule has 0 radical (unpaired) electrons. The minimum absolute atomic E-state index is 0.0545. The van der Waals surface area contributed by atoms with Crippen molar-refractivity contribution in [3.8, 4) is 11.5 Å². The van der Waals surface area contributed by atoms with E-state index in [9.17, 15) is 18.0 Å². The molecule has 0 unspecified atom stereocenters. The van der Waals surface area contributed by atoms with E-state index in [2.05, 4.69) is 20.8 Å². The Balaban J connectivity index is 1.33. The molecular formula is C19H22N6O6S. The second kappa shape index (κ2) is 9.36. The maximum Gasteiger partial charge on any atom is 0.336 e. The van der Waals surface area contributed by atoms with Crippen molar-refractivity contribution in [3.63, 3.8) is 0 Å². The van der Waals surface area contributed by atoms with Crippen molar-refractivity contribution in [2.45, 2.75) is 11.3 Å². The number of hydrazine groups is 1. The summed E-state index contributed by atoms with van der Waals surface area (Å²) in [5, 5.41) is 0. The minimum Gasteiger partial charge on any atom is -0.490 e. The standard InChI is InChI=1S/C19H22N6O6S/c26-18(15-13-20-4-5-21-15)22-23-19(27)24-6-8-25(9-7-24)32(28,29)14-2-3-16-17(12-14)31-11-1-10-30-16/h2-5,12-13H,1,6-11H2,(H,22,26)(H,23,27). The smallest absolute Gasteiger partial charge is 0.336 e. The number of rotatable bonds is 3. The number of nitrogens with one attached hydrogen (secondary N) is 2. The van der Waals surface area contributed by atoms with Crippen molar-refractivity contribution < 1.29 is 27.5 Å². The number of ether oxygens (including phenoxy) is 2. The Hall–Kier alpha value is -3.45. The van der Waals surface area contributed by atoms with Gasteiger partial charge in [-0.15, -0.1) is 0 Å². The van der Waals surface area contributed by atoms with Crippen LogP contribution in [0.25, 0.3) is 0 Å². The summed E-state index contributed by atoms with van der Waals surface area (Å²) in [5.41, 5.74) is 4.61. The van der Waals surface area contributed by atoms with Crippen LogP contribution in [0.3, 0.4) is 0 Å². The third-order valence-corrected chi connectivity index (χ3v) is 6.86. The van der Waals surface area contributed by atoms with Gasteiger partial charge in [0, 0.05) is 51.1 Å². The highest BCUT2D eigenvalue weighted by molar-refractivity contribution is 7.89. The summed E-state index contributed by atoms with van der Waals surface area (Å²) >= 11 is 0. The lowest BCUT2D eigenvalue weighted by Crippen LogP contribution is -2.56. The summed E-state index contributed by atoms with van der Waals surface area (Å²) in [6.45, 7) is 1.53. The van der Waals surface area contributed by atoms with Crippen molar-refractivity contribution >= 4 is 22.0 Å². The van der Waals surface area contributed by atoms with Gasteiger partial charge in [0.15, 0.2) is 11.5 Å². The number of amides is 3. The van der Waals surface area contributed by atoms with Crippen LogP contribution in [-0.2, 0) is 10.0 Å². The molecule has 2 N–H and O–H groups in total. The molecule has 0 spiro atoms. The zero-order valence-corrected chi connectivity index (χ0v) is 17.9. The van der Waals surface area contributed by atoms with Crippen molar-refractivity contribution in [2.75, 3.05) is 39.4 Å². The summed E-state index contributed by atoms with van der Waals surface area (Å²) in [7, 11) is -3.76. The molecule has 1 saturated heterocycles. The van der Waals surface area contributed by atoms with Gasteiger partial charge in [-0.3, -0.25) is 15.2 Å². The van der Waals surface area contributed by atoms with Gasteiger partial charge in [0.25, 0.3) is 5.91 Å². The Morgan fingerprint density at radius 1 is 0.969 bits per heavy atom. The predicted molar refractivity (Wildman–Crippen MR) is 110 cm³/mol. The zero-order valence-electron chi connectivity index (χ0n) is 17.1. The van der Waals surface area contributed by atoms with Gasteiger partial charge in [-0.25, -0.2) is 23.6 Å². The highest BCUT2D eigenvalue weighted by atomic mass is 32.2. The van der Waals surface area contributed by atoms with E-state index >= 15 is 0 Å². The zero-order chi connectivity index (χ0) is 22.6. The minimum atomic E-state index is -3.76. The summed E-state index contributed by atoms with van der Waals surface area (Å²) < 4.78 is 38.5. The van der Waals surface area contributed by atoms with Crippen LogP contribution in [0.4, 0.5) is 4.79 Å². The Morgan fingerprint density at radius 2 is 1.72 bits per heavy atom. The van der Waals surface area contributed by atoms with Gasteiger partial charge in [0.2, 0.25) is 10.0 Å². The molecule has 4 rings (SSSR count). The normalized spacial score (nSPS) is 16.7. The number of benzene rings is 1. The molecule has 1 aromatic heterocycles. The first-order chi connectivity index (χ1) is 15.4. The maximum atomic E-state index is 13.0. The number of carbonyl (C=O) groups excluding carboxylic acids is 2. The van der Waals surface area contributed by atoms with Crippen LogP contribution in [-0.4, -0.2) is 78.9 Å². The Morgan fingerprint density at radius 3 is 2.44 bits per heavy atom. The monoisotopic (exact) mass is 462 g/mol. The molecule has 2 aliphatic rings. The van der Waals surface area contributed by atoms with E-state index in [1.54, 1.807) is 6.07 Å². The van der Waals surface area contributed by atoms with E-state index < -0.39 is 22.0 Å². The van der Waals surface area contributed by atoms with E-state index in [0.29, 0.717) is 24.7 Å². The maximum absolute atomic E-state index is 13.0. The Labute approximate surface area is 184 Å². The number of aromatic nitrogens is 2. The van der Waals surface area contributed by atoms with Crippen LogP contribution in [0.15, 0.2) is 41.7 Å². The van der Waals surface area contributed by atoms with Gasteiger partial charge in [-0.05, 0) is 12.1 Å². The van der Waals surface area contributed by atoms with Crippen LogP contribution in [0.2, 0.25) is 0 Å². The van der Waals surface area contributed by atoms with Crippen LogP contribution in [0.5, 0.6) is 11.5 Å². The molecule has 1 aromatic carbocycles. The van der Waals surface area contributed by atoms with Crippen LogP contribution in [0.1, 0.15) is 16.9 Å². The van der Waals surface area contributed by atoms with E-state index in [-0.39, 0.29) is 36.8 Å². The molecule has 0 saturated carbocycles. The molecule has 12 nitrogen and oxygen atoms in total. The molecular weight excluding hydrogens is 440 g/mol. The summed E-state index contributed by atoms with van der Waals surface area (Å²) in [6, 6.07) is 4.01. The molecule has 0 atom stereocenters. The number of carbonyl (C=O) groups is 2. The fraction of sp³-hybridized carbons (Fsp3) is 0.368. The molecule has 1 fully saturated rings. The molecule has 2 aliphatic heterocycles. The number of piperazine rings is 1. The van der Waals surface area contributed by atoms with Crippen molar-refractivity contribution in [3.05, 3.63) is 42.5 Å². The van der Waals surface area contributed by atoms with Gasteiger partial charge in [-0.2, -0.15) is 4.31 Å². The molecule has 32 heavy (non-hydrogen) atoms. The van der Waals surface area contributed by atoms with E-state index in [4.69, 9.17) is 9.47 Å². The summed E-state index contributed by atoms with van der Waals surface area (Å²) in [5.74, 6) is 0.314. The van der Waals surface area contributed by atoms with Crippen molar-refractivity contribution in [1.29, 1.82) is 0 Å². The lowest BCUT2D eigenvalue weighted by atomic mass is 10.3. The van der Waals surface area contributed by atoms with Gasteiger partial charge in [0.05, 0.1) is 24.3 Å². The van der Waals surface area contributed by atoms with Gasteiger partial charge >= 0.3 is 6.03 Å². The number of hydrogen-bond acceptors (Lipinski definition) is 8. The first-order valence-corrected chi connectivity index (χ1v) is 11.4. The third-order valence-electron chi connectivity index (χ3n) is 4.96. The lowest BCUT2D eigenvalue weighted by Gasteiger charge is -2.33. The topological polar surface area (TPSA) is 143 Å². The van der Waals surface area contributed by atoms with E-state index in [1.807, 2.05) is 0 Å². The van der Waals surface area contributed by atoms with Gasteiger partial charge in [0.1, 0.15) is 5.69 Å². The Kier molecular flexibility index (Phi) is 6.37. The molecule has 3 heterocycles. The lowest BCUT2D eigenvalue weighted by molar-refractivity contribution is 0.0921. The Bertz CT molecular complexity index is 1090. The molecule has 3 amide bonds. The van der Waals surface area contributed by atoms with Crippen molar-refractivity contribution in [2.24, 2.45) is 0 Å². The van der Waals surface area contributed by atoms with Gasteiger partial charge in [-0.1, -0.05) is 0 Å². The van der Waals surface area contributed by atoms with E-state index in [1.165, 1.54) is 39.9 Å². The van der Waals surface area contributed by atoms with E-state index in [0.717, 1.165) is 6.42 Å². The summed E-state index contributed by atoms with van der Waals surface area (Å²) in [4.78, 5) is 33.4. The first-order valence-electron chi connectivity index (χ1n) is 9.96. The van der Waals surface area contributed by atoms with Crippen molar-refractivity contribution in [1.82, 2.24) is 30.0 Å². The molecule has 2 aromatic rings. The number of urea groups is 1. The fourth-order valence-electron chi connectivity index (χ4n) is 3.25. The molecule has 170 valence electrons. The molecule has 13 heteroatoms. The average Bonchev–Trinajstić information content (AvgIpc) is 3.08. The third kappa shape index (κ3) is 4.73. The highest BCUT2D eigenvalue weighted by Gasteiger charge is 2.31. The first kappa shape index (κ1) is 21.8. The largest absolute Gasteiger partial charge is 0.490 e. The van der Waals surface area contributed by atoms with Crippen LogP contribution < -0.4 is 20.3 Å². The highest BCUT2D eigenvalue weighted by Crippen LogP contribution is 2.33. The second-order valence-corrected chi connectivity index (χ2v) is 8.96. The van der Waals surface area contributed by atoms with Gasteiger partial charge < -0.3 is 14.4 Å². The van der Waals surface area contributed by atoms with Crippen LogP contribution >= 0.6 is 0 Å². The number of hydrogen-bond donors (Lipinski definition) is 2. The fourth-order valence-corrected chi connectivity index (χ4v) is 4.69. The summed E-state index contributed by atoms with van der Waals surface area (Å²) in [6.07, 6.45) is 4.78. The number of sulfonamides is 1. The SMILES string of the molecule is O=C(NNC(=O)N1CCN(S(=O)(=O)c2ccc3c(c2)OCCCO3)CC1)c1cnccn1. The molecule has 0 aliphatic carbocycles. The molecule has 0 bridgehead atoms.